The zero-order valence-electron chi connectivity index (χ0n) is 27.6. The number of hydrogen-bond acceptors (Lipinski definition) is 4. The van der Waals surface area contributed by atoms with Crippen LogP contribution in [0.4, 0.5) is 0 Å². The van der Waals surface area contributed by atoms with Crippen LogP contribution in [0.1, 0.15) is 91.9 Å². The Morgan fingerprint density at radius 2 is 1.38 bits per heavy atom. The molecule has 230 valence electrons. The lowest BCUT2D eigenvalue weighted by molar-refractivity contribution is -0.0971. The predicted octanol–water partition coefficient (Wildman–Crippen LogP) is 6.73. The third kappa shape index (κ3) is 6.41. The van der Waals surface area contributed by atoms with Crippen molar-refractivity contribution in [2.75, 3.05) is 79.5 Å². The Balaban J connectivity index is 1.19. The van der Waals surface area contributed by atoms with Crippen molar-refractivity contribution >= 4 is 0 Å². The number of rotatable bonds is 10. The molecule has 40 heavy (non-hydrogen) atoms. The summed E-state index contributed by atoms with van der Waals surface area (Å²) in [5.41, 5.74) is 2.52. The van der Waals surface area contributed by atoms with Gasteiger partial charge in [-0.1, -0.05) is 32.9 Å². The number of piperazine rings is 2. The van der Waals surface area contributed by atoms with Crippen LogP contribution in [0, 0.1) is 46.3 Å². The molecule has 5 rings (SSSR count). The van der Waals surface area contributed by atoms with E-state index in [0.29, 0.717) is 10.8 Å². The van der Waals surface area contributed by atoms with E-state index in [1.807, 2.05) is 0 Å². The van der Waals surface area contributed by atoms with E-state index in [2.05, 4.69) is 68.0 Å². The van der Waals surface area contributed by atoms with Crippen LogP contribution in [0.15, 0.2) is 12.2 Å². The highest BCUT2D eigenvalue weighted by Crippen LogP contribution is 2.67. The third-order valence-electron chi connectivity index (χ3n) is 13.7. The summed E-state index contributed by atoms with van der Waals surface area (Å²) in [6, 6.07) is 0. The molecule has 3 saturated carbocycles. The first-order chi connectivity index (χ1) is 19.1. The van der Waals surface area contributed by atoms with Gasteiger partial charge in [-0.25, -0.2) is 0 Å². The number of likely N-dealkylation sites (N-methyl/N-ethyl adjacent to an activating group) is 2. The Morgan fingerprint density at radius 1 is 0.775 bits per heavy atom. The summed E-state index contributed by atoms with van der Waals surface area (Å²) in [6.45, 7) is 27.7. The van der Waals surface area contributed by atoms with Crippen LogP contribution in [-0.4, -0.2) is 99.1 Å². The Bertz CT molecular complexity index is 827. The Labute approximate surface area is 249 Å². The first kappa shape index (κ1) is 31.0. The van der Waals surface area contributed by atoms with Crippen molar-refractivity contribution in [3.05, 3.63) is 12.2 Å². The van der Waals surface area contributed by atoms with Crippen LogP contribution in [0.25, 0.3) is 0 Å². The number of nitrogens with zero attached hydrogens (tertiary/aromatic N) is 4. The monoisotopic (exact) mass is 555 g/mol. The summed E-state index contributed by atoms with van der Waals surface area (Å²) in [5, 5.41) is 0. The number of fused-ring (bicyclic) bond motifs is 3. The smallest absolute Gasteiger partial charge is 0.0110 e. The molecule has 0 aromatic carbocycles. The molecule has 5 aliphatic rings. The van der Waals surface area contributed by atoms with E-state index in [0.717, 1.165) is 35.5 Å². The molecule has 0 bridgehead atoms. The van der Waals surface area contributed by atoms with Gasteiger partial charge in [0.2, 0.25) is 0 Å². The maximum Gasteiger partial charge on any atom is 0.0110 e. The van der Waals surface area contributed by atoms with E-state index in [9.17, 15) is 0 Å². The normalized spacial score (nSPS) is 41.0. The van der Waals surface area contributed by atoms with Crippen LogP contribution < -0.4 is 0 Å². The molecule has 1 unspecified atom stereocenters. The molecule has 0 aromatic rings. The fraction of sp³-hybridized carbons (Fsp3) is 0.944. The molecule has 0 radical (unpaired) electrons. The van der Waals surface area contributed by atoms with Crippen LogP contribution in [0.5, 0.6) is 0 Å². The first-order valence-electron chi connectivity index (χ1n) is 17.6. The van der Waals surface area contributed by atoms with Crippen LogP contribution >= 0.6 is 0 Å². The van der Waals surface area contributed by atoms with Crippen molar-refractivity contribution in [2.24, 2.45) is 46.3 Å². The van der Waals surface area contributed by atoms with Crippen molar-refractivity contribution in [3.63, 3.8) is 0 Å². The summed E-state index contributed by atoms with van der Waals surface area (Å²) in [7, 11) is 4.55. The van der Waals surface area contributed by atoms with Crippen LogP contribution in [0.3, 0.4) is 0 Å². The van der Waals surface area contributed by atoms with Gasteiger partial charge in [0.1, 0.15) is 0 Å². The molecule has 0 N–H and O–H groups in total. The minimum absolute atomic E-state index is 0.453. The van der Waals surface area contributed by atoms with Gasteiger partial charge in [0, 0.05) is 52.4 Å². The molecule has 3 aliphatic carbocycles. The Morgan fingerprint density at radius 3 is 1.98 bits per heavy atom. The fourth-order valence-electron chi connectivity index (χ4n) is 11.3. The third-order valence-corrected chi connectivity index (χ3v) is 13.7. The Hall–Kier alpha value is -0.420. The highest BCUT2D eigenvalue weighted by Gasteiger charge is 2.59. The summed E-state index contributed by atoms with van der Waals surface area (Å²) in [5.74, 6) is 5.43. The first-order valence-corrected chi connectivity index (χ1v) is 17.6. The molecular weight excluding hydrogens is 488 g/mol. The van der Waals surface area contributed by atoms with Gasteiger partial charge in [-0.3, -0.25) is 0 Å². The lowest BCUT2D eigenvalue weighted by Gasteiger charge is -2.60. The van der Waals surface area contributed by atoms with Gasteiger partial charge in [-0.2, -0.15) is 0 Å². The van der Waals surface area contributed by atoms with Crippen molar-refractivity contribution < 1.29 is 0 Å². The summed E-state index contributed by atoms with van der Waals surface area (Å²) < 4.78 is 0. The molecule has 0 spiro atoms. The average Bonchev–Trinajstić information content (AvgIpc) is 3.28. The van der Waals surface area contributed by atoms with Gasteiger partial charge < -0.3 is 19.6 Å². The van der Waals surface area contributed by atoms with E-state index in [4.69, 9.17) is 0 Å². The minimum Gasteiger partial charge on any atom is -0.304 e. The van der Waals surface area contributed by atoms with E-state index in [1.165, 1.54) is 135 Å². The van der Waals surface area contributed by atoms with Gasteiger partial charge >= 0.3 is 0 Å². The van der Waals surface area contributed by atoms with Crippen LogP contribution in [-0.2, 0) is 0 Å². The average molecular weight is 555 g/mol. The van der Waals surface area contributed by atoms with E-state index < -0.39 is 0 Å². The second kappa shape index (κ2) is 13.1. The zero-order chi connectivity index (χ0) is 28.5. The lowest BCUT2D eigenvalue weighted by atomic mass is 9.45. The zero-order valence-corrected chi connectivity index (χ0v) is 27.6. The second-order valence-electron chi connectivity index (χ2n) is 16.1. The van der Waals surface area contributed by atoms with Crippen molar-refractivity contribution in [1.82, 2.24) is 19.6 Å². The largest absolute Gasteiger partial charge is 0.304 e. The van der Waals surface area contributed by atoms with E-state index >= 15 is 0 Å². The lowest BCUT2D eigenvalue weighted by Crippen LogP contribution is -2.52. The van der Waals surface area contributed by atoms with Gasteiger partial charge in [0.15, 0.2) is 0 Å². The van der Waals surface area contributed by atoms with Crippen molar-refractivity contribution in [3.8, 4) is 0 Å². The minimum atomic E-state index is 0.453. The topological polar surface area (TPSA) is 13.0 Å². The van der Waals surface area contributed by atoms with Gasteiger partial charge in [-0.15, -0.1) is 0 Å². The molecule has 0 aromatic heterocycles. The summed E-state index contributed by atoms with van der Waals surface area (Å²) >= 11 is 0. The van der Waals surface area contributed by atoms with Crippen LogP contribution in [0.2, 0.25) is 0 Å². The van der Waals surface area contributed by atoms with Gasteiger partial charge in [0.25, 0.3) is 0 Å². The molecule has 4 nitrogen and oxygen atoms in total. The highest BCUT2D eigenvalue weighted by molar-refractivity contribution is 5.14. The molecule has 8 atom stereocenters. The maximum atomic E-state index is 4.58. The fourth-order valence-corrected chi connectivity index (χ4v) is 11.3. The molecule has 5 fully saturated rings. The SMILES string of the molecule is C=C(C)C1CC[C@H]2[C@@H]3CC[C@H]([C@H](C)CCCN4CCN(C)CC4)[C@@]3(C)CC[C@@H]2[C@@]1(C)CCCN1CCN(C)CC1. The molecule has 2 aliphatic heterocycles. The maximum absolute atomic E-state index is 4.58. The Kier molecular flexibility index (Phi) is 10.1. The van der Waals surface area contributed by atoms with Gasteiger partial charge in [-0.05, 0) is 145 Å². The molecule has 2 saturated heterocycles. The number of hydrogen-bond donors (Lipinski definition) is 0. The van der Waals surface area contributed by atoms with Gasteiger partial charge in [0.05, 0.1) is 0 Å². The van der Waals surface area contributed by atoms with E-state index in [1.54, 1.807) is 0 Å². The second-order valence-corrected chi connectivity index (χ2v) is 16.1. The standard InChI is InChI=1S/C36H66N4/c1-28(2)31-12-11-30-33-14-13-32(29(3)10-8-18-39-24-20-37(6)21-25-39)36(33,5)17-15-34(30)35(31,4)16-9-19-40-26-22-38(7)23-27-40/h29-34H,1,8-27H2,2-7H3/t29-,30+,31?,32-,33+,34+,35+,36-/m1/s1. The molecule has 2 heterocycles. The molecule has 0 amide bonds. The molecular formula is C36H66N4. The van der Waals surface area contributed by atoms with Crippen molar-refractivity contribution in [1.29, 1.82) is 0 Å². The van der Waals surface area contributed by atoms with Crippen molar-refractivity contribution in [2.45, 2.75) is 91.9 Å². The summed E-state index contributed by atoms with van der Waals surface area (Å²) in [4.78, 5) is 10.4. The quantitative estimate of drug-likeness (QED) is 0.278. The molecule has 4 heteroatoms. The number of allylic oxidation sites excluding steroid dienone is 1. The highest BCUT2D eigenvalue weighted by atomic mass is 15.2. The summed E-state index contributed by atoms with van der Waals surface area (Å²) in [6.07, 6.45) is 14.5. The predicted molar refractivity (Wildman–Crippen MR) is 172 cm³/mol. The van der Waals surface area contributed by atoms with E-state index in [-0.39, 0.29) is 0 Å².